The lowest BCUT2D eigenvalue weighted by molar-refractivity contribution is -0.159. The number of morpholine rings is 1. The van der Waals surface area contributed by atoms with Gasteiger partial charge in [0.25, 0.3) is 0 Å². The van der Waals surface area contributed by atoms with Crippen LogP contribution in [0, 0.1) is 0 Å². The Balaban J connectivity index is 0.000000302. The number of carboxylic acids is 2. The van der Waals surface area contributed by atoms with Crippen LogP contribution in [0.3, 0.4) is 0 Å². The summed E-state index contributed by atoms with van der Waals surface area (Å²) in [5.41, 5.74) is 2.84. The fourth-order valence-electron chi connectivity index (χ4n) is 2.77. The molecule has 2 aliphatic rings. The molecule has 2 bridgehead atoms. The van der Waals surface area contributed by atoms with Crippen LogP contribution in [0.1, 0.15) is 36.7 Å². The predicted octanol–water partition coefficient (Wildman–Crippen LogP) is 0.855. The van der Waals surface area contributed by atoms with Gasteiger partial charge >= 0.3 is 11.9 Å². The molecule has 0 saturated carbocycles. The number of hydrogen-bond acceptors (Lipinski definition) is 4. The van der Waals surface area contributed by atoms with Crippen molar-refractivity contribution in [1.29, 1.82) is 0 Å². The number of carbonyl (C=O) groups is 2. The molecule has 1 saturated heterocycles. The Morgan fingerprint density at radius 3 is 1.95 bits per heavy atom. The standard InChI is InChI=1S/C13H17NO.C2H2O4.H2O/c1-2-7-14-8-12-10-5-3-4-6-11(10)13(9-14)15-12;3-1(4)2(5)6;/h3-6,12-13H,2,7-9H2,1H3;(H,3,4)(H,5,6);1H2. The first-order valence-electron chi connectivity index (χ1n) is 6.95. The molecule has 2 aliphatic heterocycles. The summed E-state index contributed by atoms with van der Waals surface area (Å²) in [6, 6.07) is 8.67. The highest BCUT2D eigenvalue weighted by Crippen LogP contribution is 2.42. The molecule has 7 heteroatoms. The van der Waals surface area contributed by atoms with Crippen LogP contribution in [0.15, 0.2) is 24.3 Å². The van der Waals surface area contributed by atoms with Crippen molar-refractivity contribution in [3.63, 3.8) is 0 Å². The summed E-state index contributed by atoms with van der Waals surface area (Å²) in [5, 5.41) is 14.8. The second-order valence-corrected chi connectivity index (χ2v) is 5.11. The predicted molar refractivity (Wildman–Crippen MR) is 78.6 cm³/mol. The van der Waals surface area contributed by atoms with Crippen LogP contribution < -0.4 is 0 Å². The third-order valence-corrected chi connectivity index (χ3v) is 3.59. The quantitative estimate of drug-likeness (QED) is 0.782. The molecule has 0 amide bonds. The minimum Gasteiger partial charge on any atom is -0.473 e. The highest BCUT2D eigenvalue weighted by Gasteiger charge is 2.37. The number of carboxylic acid groups (broad SMARTS) is 2. The molecule has 0 aliphatic carbocycles. The smallest absolute Gasteiger partial charge is 0.414 e. The van der Waals surface area contributed by atoms with E-state index >= 15 is 0 Å². The Labute approximate surface area is 128 Å². The first-order valence-corrected chi connectivity index (χ1v) is 6.95. The van der Waals surface area contributed by atoms with Crippen molar-refractivity contribution in [1.82, 2.24) is 4.90 Å². The molecule has 4 N–H and O–H groups in total. The van der Waals surface area contributed by atoms with Crippen molar-refractivity contribution in [3.8, 4) is 0 Å². The minimum atomic E-state index is -1.82. The SMILES string of the molecule is CCCN1CC2OC(C1)c1ccccc12.O.O=C(O)C(=O)O. The third kappa shape index (κ3) is 4.03. The Kier molecular flexibility index (Phi) is 6.48. The Morgan fingerprint density at radius 1 is 1.14 bits per heavy atom. The number of nitrogens with zero attached hydrogens (tertiary/aromatic N) is 1. The lowest BCUT2D eigenvalue weighted by Gasteiger charge is -2.32. The molecule has 0 radical (unpaired) electrons. The highest BCUT2D eigenvalue weighted by molar-refractivity contribution is 6.27. The van der Waals surface area contributed by atoms with E-state index < -0.39 is 11.9 Å². The van der Waals surface area contributed by atoms with Crippen molar-refractivity contribution in [3.05, 3.63) is 35.4 Å². The first-order chi connectivity index (χ1) is 10.0. The van der Waals surface area contributed by atoms with E-state index in [1.54, 1.807) is 0 Å². The van der Waals surface area contributed by atoms with Crippen LogP contribution in [0.4, 0.5) is 0 Å². The number of benzene rings is 1. The first kappa shape index (κ1) is 18.1. The van der Waals surface area contributed by atoms with Crippen LogP contribution in [0.2, 0.25) is 0 Å². The van der Waals surface area contributed by atoms with Crippen molar-refractivity contribution >= 4 is 11.9 Å². The van der Waals surface area contributed by atoms with Gasteiger partial charge in [0.2, 0.25) is 0 Å². The molecule has 2 atom stereocenters. The third-order valence-electron chi connectivity index (χ3n) is 3.59. The van der Waals surface area contributed by atoms with E-state index in [0.717, 1.165) is 13.1 Å². The minimum absolute atomic E-state index is 0. The summed E-state index contributed by atoms with van der Waals surface area (Å²) in [4.78, 5) is 20.7. The Bertz CT molecular complexity index is 490. The number of ether oxygens (including phenoxy) is 1. The lowest BCUT2D eigenvalue weighted by atomic mass is 10.0. The van der Waals surface area contributed by atoms with E-state index in [4.69, 9.17) is 24.5 Å². The molecule has 0 aromatic heterocycles. The molecule has 22 heavy (non-hydrogen) atoms. The molecule has 2 heterocycles. The average molecular weight is 311 g/mol. The summed E-state index contributed by atoms with van der Waals surface area (Å²) >= 11 is 0. The largest absolute Gasteiger partial charge is 0.473 e. The molecule has 7 nitrogen and oxygen atoms in total. The van der Waals surface area contributed by atoms with E-state index in [0.29, 0.717) is 12.2 Å². The summed E-state index contributed by atoms with van der Waals surface area (Å²) in [7, 11) is 0. The Morgan fingerprint density at radius 2 is 1.59 bits per heavy atom. The van der Waals surface area contributed by atoms with Gasteiger partial charge in [-0.1, -0.05) is 31.2 Å². The summed E-state index contributed by atoms with van der Waals surface area (Å²) < 4.78 is 6.00. The maximum absolute atomic E-state index is 9.10. The van der Waals surface area contributed by atoms with E-state index in [1.807, 2.05) is 0 Å². The normalized spacial score (nSPS) is 21.9. The Hall–Kier alpha value is -1.96. The summed E-state index contributed by atoms with van der Waals surface area (Å²) in [6.45, 7) is 5.58. The fraction of sp³-hybridized carbons (Fsp3) is 0.467. The van der Waals surface area contributed by atoms with Crippen molar-refractivity contribution in [2.75, 3.05) is 19.6 Å². The van der Waals surface area contributed by atoms with Gasteiger partial charge in [-0.25, -0.2) is 9.59 Å². The molecular formula is C15H21NO6. The summed E-state index contributed by atoms with van der Waals surface area (Å²) in [5.74, 6) is -3.65. The van der Waals surface area contributed by atoms with E-state index in [9.17, 15) is 0 Å². The zero-order valence-corrected chi connectivity index (χ0v) is 12.4. The van der Waals surface area contributed by atoms with E-state index in [-0.39, 0.29) is 5.48 Å². The highest BCUT2D eigenvalue weighted by atomic mass is 16.5. The van der Waals surface area contributed by atoms with Gasteiger partial charge in [-0.2, -0.15) is 0 Å². The van der Waals surface area contributed by atoms with Gasteiger partial charge in [-0.15, -0.1) is 0 Å². The zero-order valence-electron chi connectivity index (χ0n) is 12.4. The van der Waals surface area contributed by atoms with Crippen LogP contribution >= 0.6 is 0 Å². The van der Waals surface area contributed by atoms with Crippen molar-refractivity contribution in [2.45, 2.75) is 25.6 Å². The van der Waals surface area contributed by atoms with Crippen LogP contribution in [0.5, 0.6) is 0 Å². The van der Waals surface area contributed by atoms with Gasteiger partial charge in [0, 0.05) is 13.1 Å². The topological polar surface area (TPSA) is 119 Å². The maximum Gasteiger partial charge on any atom is 0.414 e. The molecule has 0 spiro atoms. The van der Waals surface area contributed by atoms with Gasteiger partial charge in [0.1, 0.15) is 0 Å². The number of hydrogen-bond donors (Lipinski definition) is 2. The second-order valence-electron chi connectivity index (χ2n) is 5.11. The van der Waals surface area contributed by atoms with Gasteiger partial charge in [-0.3, -0.25) is 4.90 Å². The molecule has 1 aromatic carbocycles. The van der Waals surface area contributed by atoms with Gasteiger partial charge in [0.05, 0.1) is 12.2 Å². The van der Waals surface area contributed by atoms with Gasteiger partial charge in [0.15, 0.2) is 0 Å². The monoisotopic (exact) mass is 311 g/mol. The average Bonchev–Trinajstić information content (AvgIpc) is 2.72. The van der Waals surface area contributed by atoms with Gasteiger partial charge < -0.3 is 20.4 Å². The molecular weight excluding hydrogens is 290 g/mol. The molecule has 1 fully saturated rings. The van der Waals surface area contributed by atoms with Crippen LogP contribution in [-0.2, 0) is 14.3 Å². The van der Waals surface area contributed by atoms with E-state index in [1.165, 1.54) is 24.1 Å². The number of rotatable bonds is 2. The van der Waals surface area contributed by atoms with Crippen molar-refractivity contribution < 1.29 is 30.0 Å². The molecule has 2 unspecified atom stereocenters. The molecule has 1 aromatic rings. The van der Waals surface area contributed by atoms with Crippen LogP contribution in [-0.4, -0.2) is 52.2 Å². The number of aliphatic carboxylic acids is 2. The van der Waals surface area contributed by atoms with Gasteiger partial charge in [-0.05, 0) is 24.1 Å². The maximum atomic E-state index is 9.10. The van der Waals surface area contributed by atoms with E-state index in [2.05, 4.69) is 36.1 Å². The van der Waals surface area contributed by atoms with Crippen molar-refractivity contribution in [2.24, 2.45) is 0 Å². The fourth-order valence-corrected chi connectivity index (χ4v) is 2.77. The molecule has 122 valence electrons. The number of fused-ring (bicyclic) bond motifs is 5. The lowest BCUT2D eigenvalue weighted by Crippen LogP contribution is -2.36. The zero-order chi connectivity index (χ0) is 15.4. The summed E-state index contributed by atoms with van der Waals surface area (Å²) in [6.07, 6.45) is 1.88. The second kappa shape index (κ2) is 7.88. The molecule has 3 rings (SSSR count). The van der Waals surface area contributed by atoms with Crippen LogP contribution in [0.25, 0.3) is 0 Å².